The number of nitrogens with zero attached hydrogens (tertiary/aromatic N) is 3. The lowest BCUT2D eigenvalue weighted by molar-refractivity contribution is 0.593. The number of nitrogens with one attached hydrogen (secondary N) is 1. The number of rotatable bonds is 1. The van der Waals surface area contributed by atoms with E-state index in [0.717, 1.165) is 0 Å². The molecular weight excluding hydrogens is 248 g/mol. The maximum Gasteiger partial charge on any atom is 0.329 e. The van der Waals surface area contributed by atoms with Crippen LogP contribution in [0.2, 0.25) is 0 Å². The summed E-state index contributed by atoms with van der Waals surface area (Å²) in [7, 11) is 0. The van der Waals surface area contributed by atoms with Gasteiger partial charge in [-0.1, -0.05) is 0 Å². The van der Waals surface area contributed by atoms with Crippen molar-refractivity contribution >= 4 is 27.2 Å². The molecular formula is C8H9BrN4O. The third kappa shape index (κ3) is 1.35. The first-order valence-electron chi connectivity index (χ1n) is 4.22. The van der Waals surface area contributed by atoms with E-state index in [9.17, 15) is 4.79 Å². The molecule has 0 aromatic carbocycles. The molecule has 0 amide bonds. The first-order chi connectivity index (χ1) is 6.59. The molecule has 2 aromatic heterocycles. The highest BCUT2D eigenvalue weighted by molar-refractivity contribution is 9.10. The summed E-state index contributed by atoms with van der Waals surface area (Å²) in [5.74, 6) is 0. The van der Waals surface area contributed by atoms with Gasteiger partial charge in [-0.2, -0.15) is 0 Å². The van der Waals surface area contributed by atoms with Crippen molar-refractivity contribution < 1.29 is 0 Å². The number of aromatic amines is 1. The lowest BCUT2D eigenvalue weighted by Crippen LogP contribution is -2.18. The molecule has 0 saturated heterocycles. The van der Waals surface area contributed by atoms with Gasteiger partial charge in [0.15, 0.2) is 11.3 Å². The van der Waals surface area contributed by atoms with Crippen LogP contribution in [0.1, 0.15) is 19.9 Å². The van der Waals surface area contributed by atoms with Crippen LogP contribution in [0.3, 0.4) is 0 Å². The molecule has 0 saturated carbocycles. The summed E-state index contributed by atoms with van der Waals surface area (Å²) in [5, 5.41) is 0. The Morgan fingerprint density at radius 1 is 1.57 bits per heavy atom. The van der Waals surface area contributed by atoms with Crippen molar-refractivity contribution in [2.45, 2.75) is 19.9 Å². The van der Waals surface area contributed by atoms with Crippen molar-refractivity contribution in [2.75, 3.05) is 0 Å². The number of halogens is 1. The summed E-state index contributed by atoms with van der Waals surface area (Å²) >= 11 is 3.22. The molecule has 0 spiro atoms. The second-order valence-electron chi connectivity index (χ2n) is 3.26. The summed E-state index contributed by atoms with van der Waals surface area (Å²) in [6, 6.07) is 0.0693. The van der Waals surface area contributed by atoms with Crippen molar-refractivity contribution in [1.82, 2.24) is 19.5 Å². The van der Waals surface area contributed by atoms with Crippen LogP contribution in [0, 0.1) is 0 Å². The van der Waals surface area contributed by atoms with Gasteiger partial charge in [0.05, 0.1) is 6.20 Å². The van der Waals surface area contributed by atoms with Gasteiger partial charge in [0, 0.05) is 6.04 Å². The van der Waals surface area contributed by atoms with E-state index in [-0.39, 0.29) is 11.7 Å². The van der Waals surface area contributed by atoms with Crippen LogP contribution in [0.4, 0.5) is 0 Å². The molecule has 1 N–H and O–H groups in total. The molecule has 14 heavy (non-hydrogen) atoms. The van der Waals surface area contributed by atoms with Gasteiger partial charge in [0.1, 0.15) is 4.60 Å². The van der Waals surface area contributed by atoms with E-state index in [1.165, 1.54) is 0 Å². The number of fused-ring (bicyclic) bond motifs is 1. The fourth-order valence-corrected chi connectivity index (χ4v) is 1.62. The number of hydrogen-bond acceptors (Lipinski definition) is 3. The molecule has 2 aromatic rings. The maximum absolute atomic E-state index is 11.5. The van der Waals surface area contributed by atoms with Crippen molar-refractivity contribution in [2.24, 2.45) is 0 Å². The molecule has 0 radical (unpaired) electrons. The number of H-pyrrole nitrogens is 1. The summed E-state index contributed by atoms with van der Waals surface area (Å²) in [6.07, 6.45) is 1.56. The Hall–Kier alpha value is -1.17. The quantitative estimate of drug-likeness (QED) is 0.841. The van der Waals surface area contributed by atoms with Crippen molar-refractivity contribution in [3.63, 3.8) is 0 Å². The minimum atomic E-state index is -0.173. The SMILES string of the molecule is CC(C)n1c(=O)[nH]c2ncc(Br)nc21. The summed E-state index contributed by atoms with van der Waals surface area (Å²) in [5.41, 5.74) is 0.930. The van der Waals surface area contributed by atoms with E-state index in [2.05, 4.69) is 30.9 Å². The molecule has 0 unspecified atom stereocenters. The van der Waals surface area contributed by atoms with Crippen LogP contribution in [-0.2, 0) is 0 Å². The highest BCUT2D eigenvalue weighted by Gasteiger charge is 2.11. The molecule has 0 aliphatic rings. The van der Waals surface area contributed by atoms with Gasteiger partial charge in [0.25, 0.3) is 0 Å². The van der Waals surface area contributed by atoms with E-state index < -0.39 is 0 Å². The Labute approximate surface area is 88.3 Å². The Balaban J connectivity index is 2.86. The van der Waals surface area contributed by atoms with Gasteiger partial charge in [0.2, 0.25) is 0 Å². The molecule has 0 aliphatic carbocycles. The van der Waals surface area contributed by atoms with Crippen LogP contribution in [0.25, 0.3) is 11.3 Å². The number of hydrogen-bond donors (Lipinski definition) is 1. The number of aromatic nitrogens is 4. The van der Waals surface area contributed by atoms with Crippen LogP contribution in [0.15, 0.2) is 15.6 Å². The normalized spacial score (nSPS) is 11.4. The first-order valence-corrected chi connectivity index (χ1v) is 5.01. The monoisotopic (exact) mass is 256 g/mol. The summed E-state index contributed by atoms with van der Waals surface area (Å²) in [4.78, 5) is 22.4. The zero-order valence-electron chi connectivity index (χ0n) is 7.78. The molecule has 6 heteroatoms. The molecule has 5 nitrogen and oxygen atoms in total. The average Bonchev–Trinajstić information content (AvgIpc) is 2.40. The molecule has 2 rings (SSSR count). The minimum absolute atomic E-state index is 0.0693. The predicted molar refractivity (Wildman–Crippen MR) is 56.2 cm³/mol. The highest BCUT2D eigenvalue weighted by atomic mass is 79.9. The first kappa shape index (κ1) is 9.39. The summed E-state index contributed by atoms with van der Waals surface area (Å²) in [6.45, 7) is 3.86. The molecule has 0 bridgehead atoms. The average molecular weight is 257 g/mol. The third-order valence-corrected chi connectivity index (χ3v) is 2.30. The van der Waals surface area contributed by atoms with Crippen LogP contribution in [0.5, 0.6) is 0 Å². The van der Waals surface area contributed by atoms with Crippen molar-refractivity contribution in [3.8, 4) is 0 Å². The van der Waals surface area contributed by atoms with Gasteiger partial charge in [-0.05, 0) is 29.8 Å². The van der Waals surface area contributed by atoms with Gasteiger partial charge in [-0.25, -0.2) is 14.8 Å². The maximum atomic E-state index is 11.5. The minimum Gasteiger partial charge on any atom is -0.289 e. The summed E-state index contributed by atoms with van der Waals surface area (Å²) < 4.78 is 2.20. The fraction of sp³-hybridized carbons (Fsp3) is 0.375. The standard InChI is InChI=1S/C8H9BrN4O/c1-4(2)13-7-6(12-8(13)14)10-3-5(9)11-7/h3-4H,1-2H3,(H,10,12,14). The van der Waals surface area contributed by atoms with E-state index >= 15 is 0 Å². The van der Waals surface area contributed by atoms with Crippen LogP contribution in [-0.4, -0.2) is 19.5 Å². The molecule has 0 aliphatic heterocycles. The fourth-order valence-electron chi connectivity index (χ4n) is 1.35. The molecule has 74 valence electrons. The smallest absolute Gasteiger partial charge is 0.289 e. The Morgan fingerprint density at radius 2 is 2.29 bits per heavy atom. The Morgan fingerprint density at radius 3 is 2.93 bits per heavy atom. The van der Waals surface area contributed by atoms with Gasteiger partial charge in [-0.15, -0.1) is 0 Å². The highest BCUT2D eigenvalue weighted by Crippen LogP contribution is 2.12. The van der Waals surface area contributed by atoms with E-state index in [1.807, 2.05) is 13.8 Å². The van der Waals surface area contributed by atoms with Crippen molar-refractivity contribution in [3.05, 3.63) is 21.3 Å². The van der Waals surface area contributed by atoms with Crippen LogP contribution >= 0.6 is 15.9 Å². The van der Waals surface area contributed by atoms with Crippen LogP contribution < -0.4 is 5.69 Å². The Kier molecular flexibility index (Phi) is 2.14. The van der Waals surface area contributed by atoms with E-state index in [1.54, 1.807) is 10.8 Å². The zero-order chi connectivity index (χ0) is 10.3. The van der Waals surface area contributed by atoms with E-state index in [4.69, 9.17) is 0 Å². The van der Waals surface area contributed by atoms with Gasteiger partial charge in [-0.3, -0.25) is 9.55 Å². The third-order valence-electron chi connectivity index (χ3n) is 1.91. The zero-order valence-corrected chi connectivity index (χ0v) is 9.37. The predicted octanol–water partition coefficient (Wildman–Crippen LogP) is 1.46. The molecule has 0 fully saturated rings. The van der Waals surface area contributed by atoms with Gasteiger partial charge < -0.3 is 0 Å². The van der Waals surface area contributed by atoms with Gasteiger partial charge >= 0.3 is 5.69 Å². The second kappa shape index (κ2) is 3.20. The lowest BCUT2D eigenvalue weighted by atomic mass is 10.4. The lowest BCUT2D eigenvalue weighted by Gasteiger charge is -2.04. The van der Waals surface area contributed by atoms with E-state index in [0.29, 0.717) is 15.9 Å². The Bertz CT molecular complexity index is 528. The molecule has 2 heterocycles. The largest absolute Gasteiger partial charge is 0.329 e. The second-order valence-corrected chi connectivity index (χ2v) is 4.07. The number of imidazole rings is 1. The van der Waals surface area contributed by atoms with Crippen molar-refractivity contribution in [1.29, 1.82) is 0 Å². The topological polar surface area (TPSA) is 63.6 Å². The molecule has 0 atom stereocenters.